The topological polar surface area (TPSA) is 0 Å². The van der Waals surface area contributed by atoms with Gasteiger partial charge in [0.2, 0.25) is 0 Å². The Kier molecular flexibility index (Phi) is 4.90. The molecule has 26 heavy (non-hydrogen) atoms. The maximum absolute atomic E-state index is 2.47. The van der Waals surface area contributed by atoms with Gasteiger partial charge in [0.15, 0.2) is 0 Å². The van der Waals surface area contributed by atoms with Crippen molar-refractivity contribution >= 4 is 0 Å². The molecule has 4 rings (SSSR count). The molecule has 0 saturated carbocycles. The summed E-state index contributed by atoms with van der Waals surface area (Å²) in [6.45, 7) is 7.81. The van der Waals surface area contributed by atoms with Gasteiger partial charge in [0.05, 0.1) is 40.3 Å². The van der Waals surface area contributed by atoms with E-state index >= 15 is 0 Å². The molecule has 2 fully saturated rings. The van der Waals surface area contributed by atoms with Gasteiger partial charge >= 0.3 is 0 Å². The average molecular weight is 351 g/mol. The fourth-order valence-corrected chi connectivity index (χ4v) is 5.56. The van der Waals surface area contributed by atoms with Gasteiger partial charge in [0.25, 0.3) is 0 Å². The summed E-state index contributed by atoms with van der Waals surface area (Å²) in [5, 5.41) is 0. The van der Waals surface area contributed by atoms with Crippen molar-refractivity contribution in [3.8, 4) is 0 Å². The largest absolute Gasteiger partial charge is 0.322 e. The maximum Gasteiger partial charge on any atom is 0.104 e. The van der Waals surface area contributed by atoms with E-state index in [2.05, 4.69) is 74.8 Å². The number of hydrogen-bond acceptors (Lipinski definition) is 0. The zero-order chi connectivity index (χ0) is 18.0. The fraction of sp³-hybridized carbons (Fsp3) is 0.500. The van der Waals surface area contributed by atoms with Gasteiger partial charge in [-0.05, 0) is 0 Å². The van der Waals surface area contributed by atoms with Crippen molar-refractivity contribution in [2.45, 2.75) is 25.9 Å². The Morgan fingerprint density at radius 2 is 1.04 bits per heavy atom. The second-order valence-electron chi connectivity index (χ2n) is 9.44. The predicted molar refractivity (Wildman–Crippen MR) is 108 cm³/mol. The van der Waals surface area contributed by atoms with Gasteiger partial charge in [0.1, 0.15) is 13.1 Å². The van der Waals surface area contributed by atoms with E-state index in [0.29, 0.717) is 0 Å². The van der Waals surface area contributed by atoms with Crippen LogP contribution in [0.3, 0.4) is 0 Å². The van der Waals surface area contributed by atoms with E-state index < -0.39 is 0 Å². The molecule has 2 aromatic rings. The molecular formula is C24H34N2+2. The normalized spacial score (nSPS) is 34.2. The van der Waals surface area contributed by atoms with Crippen LogP contribution in [0.4, 0.5) is 0 Å². The Bertz CT molecular complexity index is 650. The molecule has 4 unspecified atom stereocenters. The minimum Gasteiger partial charge on any atom is -0.322 e. The second-order valence-corrected chi connectivity index (χ2v) is 9.44. The highest BCUT2D eigenvalue weighted by atomic mass is 15.4. The monoisotopic (exact) mass is 350 g/mol. The molecule has 0 bridgehead atoms. The van der Waals surface area contributed by atoms with Crippen molar-refractivity contribution < 1.29 is 8.97 Å². The molecule has 0 aromatic heterocycles. The van der Waals surface area contributed by atoms with Crippen molar-refractivity contribution in [1.82, 2.24) is 0 Å². The first-order chi connectivity index (χ1) is 12.5. The first kappa shape index (κ1) is 17.8. The lowest BCUT2D eigenvalue weighted by molar-refractivity contribution is -0.916. The van der Waals surface area contributed by atoms with Gasteiger partial charge in [-0.3, -0.25) is 0 Å². The van der Waals surface area contributed by atoms with Gasteiger partial charge in [-0.25, -0.2) is 0 Å². The number of benzene rings is 2. The van der Waals surface area contributed by atoms with E-state index in [-0.39, 0.29) is 0 Å². The number of rotatable bonds is 5. The van der Waals surface area contributed by atoms with Gasteiger partial charge in [-0.1, -0.05) is 60.7 Å². The summed E-state index contributed by atoms with van der Waals surface area (Å²) in [6.07, 6.45) is 2.83. The third-order valence-corrected chi connectivity index (χ3v) is 6.91. The highest BCUT2D eigenvalue weighted by molar-refractivity contribution is 5.14. The molecule has 0 amide bonds. The SMILES string of the molecule is C[N+]1(Cc2ccccc2)CCC(C2CC[N+](C)(Cc3ccccc3)C2)C1. The van der Waals surface area contributed by atoms with Gasteiger partial charge in [-0.2, -0.15) is 0 Å². The third kappa shape index (κ3) is 4.02. The minimum atomic E-state index is 0.916. The second kappa shape index (κ2) is 7.17. The van der Waals surface area contributed by atoms with Crippen LogP contribution in [-0.2, 0) is 13.1 Å². The summed E-state index contributed by atoms with van der Waals surface area (Å²) in [4.78, 5) is 0. The minimum absolute atomic E-state index is 0.916. The van der Waals surface area contributed by atoms with Crippen LogP contribution >= 0.6 is 0 Å². The summed E-state index contributed by atoms with van der Waals surface area (Å²) < 4.78 is 2.46. The van der Waals surface area contributed by atoms with Gasteiger partial charge in [0, 0.05) is 35.8 Å². The zero-order valence-electron chi connectivity index (χ0n) is 16.5. The summed E-state index contributed by atoms with van der Waals surface area (Å²) in [6, 6.07) is 22.1. The first-order valence-electron chi connectivity index (χ1n) is 10.3. The lowest BCUT2D eigenvalue weighted by Crippen LogP contribution is -2.43. The van der Waals surface area contributed by atoms with Crippen molar-refractivity contribution in [1.29, 1.82) is 0 Å². The Hall–Kier alpha value is -1.64. The van der Waals surface area contributed by atoms with Crippen LogP contribution in [0.5, 0.6) is 0 Å². The molecule has 2 nitrogen and oxygen atoms in total. The van der Waals surface area contributed by atoms with E-state index in [1.165, 1.54) is 72.2 Å². The summed E-state index contributed by atoms with van der Waals surface area (Å²) in [7, 11) is 4.94. The maximum atomic E-state index is 2.47. The molecule has 2 aromatic carbocycles. The first-order valence-corrected chi connectivity index (χ1v) is 10.3. The van der Waals surface area contributed by atoms with E-state index in [9.17, 15) is 0 Å². The van der Waals surface area contributed by atoms with Crippen molar-refractivity contribution in [2.24, 2.45) is 11.8 Å². The van der Waals surface area contributed by atoms with Crippen LogP contribution in [0, 0.1) is 11.8 Å². The lowest BCUT2D eigenvalue weighted by atomic mass is 9.91. The van der Waals surface area contributed by atoms with Crippen LogP contribution in [0.1, 0.15) is 24.0 Å². The Morgan fingerprint density at radius 1 is 0.654 bits per heavy atom. The molecule has 0 spiro atoms. The molecule has 2 heterocycles. The number of likely N-dealkylation sites (tertiary alicyclic amines) is 2. The summed E-state index contributed by atoms with van der Waals surface area (Å²) in [5.41, 5.74) is 2.98. The highest BCUT2D eigenvalue weighted by Crippen LogP contribution is 2.37. The van der Waals surface area contributed by atoms with Crippen LogP contribution < -0.4 is 0 Å². The molecule has 0 aliphatic carbocycles. The highest BCUT2D eigenvalue weighted by Gasteiger charge is 2.45. The van der Waals surface area contributed by atoms with Crippen LogP contribution in [-0.4, -0.2) is 49.2 Å². The fourth-order valence-electron chi connectivity index (χ4n) is 5.56. The lowest BCUT2D eigenvalue weighted by Gasteiger charge is -2.32. The van der Waals surface area contributed by atoms with Crippen molar-refractivity contribution in [3.05, 3.63) is 71.8 Å². The molecule has 0 N–H and O–H groups in total. The molecular weight excluding hydrogens is 316 g/mol. The molecule has 2 aliphatic rings. The van der Waals surface area contributed by atoms with Crippen molar-refractivity contribution in [3.63, 3.8) is 0 Å². The van der Waals surface area contributed by atoms with E-state index in [4.69, 9.17) is 0 Å². The Labute approximate surface area is 159 Å². The third-order valence-electron chi connectivity index (χ3n) is 6.91. The van der Waals surface area contributed by atoms with Gasteiger partial charge in [-0.15, -0.1) is 0 Å². The zero-order valence-corrected chi connectivity index (χ0v) is 16.5. The van der Waals surface area contributed by atoms with E-state index in [1.54, 1.807) is 0 Å². The van der Waals surface area contributed by atoms with E-state index in [1.807, 2.05) is 0 Å². The Balaban J connectivity index is 1.36. The van der Waals surface area contributed by atoms with Gasteiger partial charge < -0.3 is 8.97 Å². The predicted octanol–water partition coefficient (Wildman–Crippen LogP) is 4.32. The molecule has 2 aliphatic heterocycles. The van der Waals surface area contributed by atoms with Crippen LogP contribution in [0.25, 0.3) is 0 Å². The van der Waals surface area contributed by atoms with E-state index in [0.717, 1.165) is 11.8 Å². The number of nitrogens with zero attached hydrogens (tertiary/aromatic N) is 2. The molecule has 2 saturated heterocycles. The van der Waals surface area contributed by atoms with Crippen LogP contribution in [0.2, 0.25) is 0 Å². The average Bonchev–Trinajstić information content (AvgIpc) is 3.20. The Morgan fingerprint density at radius 3 is 1.42 bits per heavy atom. The molecule has 138 valence electrons. The number of quaternary nitrogens is 2. The quantitative estimate of drug-likeness (QED) is 0.705. The summed E-state index contributed by atoms with van der Waals surface area (Å²) in [5.74, 6) is 1.83. The van der Waals surface area contributed by atoms with Crippen molar-refractivity contribution in [2.75, 3.05) is 40.3 Å². The molecule has 4 atom stereocenters. The molecule has 2 heteroatoms. The summed E-state index contributed by atoms with van der Waals surface area (Å²) >= 11 is 0. The standard InChI is InChI=1S/C24H34N2/c1-25(17-21-9-5-3-6-10-21)15-13-23(19-25)24-14-16-26(2,20-24)18-22-11-7-4-8-12-22/h3-12,23-24H,13-20H2,1-2H3/q+2. The number of hydrogen-bond donors (Lipinski definition) is 0. The molecule has 0 radical (unpaired) electrons. The smallest absolute Gasteiger partial charge is 0.104 e. The van der Waals surface area contributed by atoms with Crippen LogP contribution in [0.15, 0.2) is 60.7 Å².